The van der Waals surface area contributed by atoms with Gasteiger partial charge in [-0.05, 0) is 40.2 Å². The zero-order valence-electron chi connectivity index (χ0n) is 17.7. The van der Waals surface area contributed by atoms with Crippen molar-refractivity contribution in [2.45, 2.75) is 58.0 Å². The lowest BCUT2D eigenvalue weighted by Gasteiger charge is -2.19. The van der Waals surface area contributed by atoms with Gasteiger partial charge < -0.3 is 20.3 Å². The molecule has 0 aliphatic heterocycles. The number of hydrogen-bond acceptors (Lipinski definition) is 9. The highest BCUT2D eigenvalue weighted by molar-refractivity contribution is 6.10. The molecule has 168 valence electrons. The Kier molecular flexibility index (Phi) is 6.37. The molecule has 0 unspecified atom stereocenters. The number of ketones is 1. The molecule has 10 nitrogen and oxygen atoms in total. The summed E-state index contributed by atoms with van der Waals surface area (Å²) >= 11 is 0. The van der Waals surface area contributed by atoms with Gasteiger partial charge in [0.05, 0.1) is 17.7 Å². The van der Waals surface area contributed by atoms with Gasteiger partial charge in [-0.15, -0.1) is 0 Å². The van der Waals surface area contributed by atoms with Crippen LogP contribution in [-0.4, -0.2) is 72.4 Å². The van der Waals surface area contributed by atoms with Gasteiger partial charge in [0.1, 0.15) is 29.6 Å². The zero-order chi connectivity index (χ0) is 22.9. The highest BCUT2D eigenvalue weighted by Gasteiger charge is 2.43. The highest BCUT2D eigenvalue weighted by atomic mass is 19.1. The fraction of sp³-hybridized carbons (Fsp3) is 0.550. The van der Waals surface area contributed by atoms with Crippen molar-refractivity contribution in [1.29, 1.82) is 0 Å². The van der Waals surface area contributed by atoms with Crippen molar-refractivity contribution in [3.05, 3.63) is 35.5 Å². The van der Waals surface area contributed by atoms with Crippen molar-refractivity contribution in [3.63, 3.8) is 0 Å². The Morgan fingerprint density at radius 1 is 1.39 bits per heavy atom. The highest BCUT2D eigenvalue weighted by Crippen LogP contribution is 2.31. The van der Waals surface area contributed by atoms with E-state index < -0.39 is 41.7 Å². The number of aryl methyl sites for hydroxylation is 1. The molecule has 2 aromatic rings. The first-order chi connectivity index (χ1) is 14.5. The Bertz CT molecular complexity index is 973. The number of nitrogens with one attached hydrogen (secondary N) is 1. The van der Waals surface area contributed by atoms with Crippen molar-refractivity contribution >= 4 is 17.7 Å². The van der Waals surface area contributed by atoms with Crippen molar-refractivity contribution < 1.29 is 28.9 Å². The van der Waals surface area contributed by atoms with E-state index in [4.69, 9.17) is 4.74 Å². The number of aliphatic hydroxyl groups is 2. The van der Waals surface area contributed by atoms with E-state index in [1.54, 1.807) is 27.7 Å². The zero-order valence-corrected chi connectivity index (χ0v) is 17.7. The molecule has 0 bridgehead atoms. The largest absolute Gasteiger partial charge is 0.442 e. The number of aliphatic hydroxyl groups excluding tert-OH is 2. The number of alkyl halides is 1. The fourth-order valence-electron chi connectivity index (χ4n) is 3.41. The summed E-state index contributed by atoms with van der Waals surface area (Å²) in [7, 11) is 0. The summed E-state index contributed by atoms with van der Waals surface area (Å²) in [5, 5.41) is 26.1. The molecule has 31 heavy (non-hydrogen) atoms. The number of halogens is 1. The van der Waals surface area contributed by atoms with Crippen LogP contribution in [0, 0.1) is 12.8 Å². The number of ether oxygens (including phenoxy) is 1. The molecule has 1 saturated carbocycles. The molecule has 1 fully saturated rings. The molecule has 2 heterocycles. The van der Waals surface area contributed by atoms with Crippen LogP contribution >= 0.6 is 0 Å². The Balaban J connectivity index is 1.84. The summed E-state index contributed by atoms with van der Waals surface area (Å²) < 4.78 is 20.7. The van der Waals surface area contributed by atoms with Crippen LogP contribution in [0.2, 0.25) is 0 Å². The molecule has 0 amide bonds. The van der Waals surface area contributed by atoms with E-state index >= 15 is 0 Å². The average molecular weight is 435 g/mol. The first-order valence-corrected chi connectivity index (χ1v) is 9.86. The molecule has 0 saturated heterocycles. The van der Waals surface area contributed by atoms with E-state index in [9.17, 15) is 24.2 Å². The van der Waals surface area contributed by atoms with Crippen LogP contribution in [0.15, 0.2) is 18.6 Å². The van der Waals surface area contributed by atoms with Gasteiger partial charge in [0.15, 0.2) is 0 Å². The van der Waals surface area contributed by atoms with Crippen LogP contribution in [0.1, 0.15) is 48.9 Å². The third kappa shape index (κ3) is 4.88. The maximum atomic E-state index is 14.4. The van der Waals surface area contributed by atoms with Crippen LogP contribution in [0.3, 0.4) is 0 Å². The van der Waals surface area contributed by atoms with E-state index in [2.05, 4.69) is 20.4 Å². The van der Waals surface area contributed by atoms with E-state index in [1.165, 1.54) is 18.6 Å². The van der Waals surface area contributed by atoms with Crippen molar-refractivity contribution in [1.82, 2.24) is 19.7 Å². The van der Waals surface area contributed by atoms with Crippen LogP contribution in [0.4, 0.5) is 15.0 Å². The molecule has 0 aromatic carbocycles. The van der Waals surface area contributed by atoms with E-state index in [0.717, 1.165) is 4.68 Å². The Morgan fingerprint density at radius 3 is 2.71 bits per heavy atom. The van der Waals surface area contributed by atoms with Crippen LogP contribution in [0.25, 0.3) is 0 Å². The summed E-state index contributed by atoms with van der Waals surface area (Å²) in [6, 6.07) is 0.594. The summed E-state index contributed by atoms with van der Waals surface area (Å²) in [6.07, 6.45) is -1.03. The van der Waals surface area contributed by atoms with Gasteiger partial charge >= 0.3 is 6.09 Å². The molecule has 0 spiro atoms. The molecule has 2 aromatic heterocycles. The minimum Gasteiger partial charge on any atom is -0.442 e. The predicted molar refractivity (Wildman–Crippen MR) is 108 cm³/mol. The molecule has 0 radical (unpaired) electrons. The van der Waals surface area contributed by atoms with Gasteiger partial charge in [0.25, 0.3) is 0 Å². The number of anilines is 1. The molecule has 4 atom stereocenters. The third-order valence-electron chi connectivity index (χ3n) is 4.95. The molecule has 3 rings (SSSR count). The SMILES string of the molecule is Cc1cc(C(=O)c2cncnc2N[C@@H]2C[C@H](CO)[C@@H](O)[C@@H]2F)nn1C(=O)OC(C)(C)C. The summed E-state index contributed by atoms with van der Waals surface area (Å²) in [4.78, 5) is 33.3. The summed E-state index contributed by atoms with van der Waals surface area (Å²) in [5.74, 6) is -1.11. The predicted octanol–water partition coefficient (Wildman–Crippen LogP) is 1.49. The van der Waals surface area contributed by atoms with Gasteiger partial charge in [-0.1, -0.05) is 0 Å². The number of carbonyl (C=O) groups excluding carboxylic acids is 2. The first-order valence-electron chi connectivity index (χ1n) is 9.86. The van der Waals surface area contributed by atoms with Gasteiger partial charge in [-0.25, -0.2) is 19.2 Å². The number of rotatable bonds is 5. The summed E-state index contributed by atoms with van der Waals surface area (Å²) in [5.41, 5.74) is -0.328. The number of carbonyl (C=O) groups is 2. The third-order valence-corrected chi connectivity index (χ3v) is 4.95. The number of hydrogen-bond donors (Lipinski definition) is 3. The van der Waals surface area contributed by atoms with E-state index in [0.29, 0.717) is 5.69 Å². The quantitative estimate of drug-likeness (QED) is 0.596. The van der Waals surface area contributed by atoms with Gasteiger partial charge in [0.2, 0.25) is 5.78 Å². The lowest BCUT2D eigenvalue weighted by molar-refractivity contribution is 0.0444. The minimum absolute atomic E-state index is 0.0299. The monoisotopic (exact) mass is 435 g/mol. The molecular formula is C20H26FN5O5. The normalized spacial score (nSPS) is 23.6. The molecule has 1 aliphatic rings. The van der Waals surface area contributed by atoms with Crippen LogP contribution in [0.5, 0.6) is 0 Å². The van der Waals surface area contributed by atoms with Crippen LogP contribution < -0.4 is 5.32 Å². The van der Waals surface area contributed by atoms with Gasteiger partial charge in [-0.2, -0.15) is 9.78 Å². The second-order valence-electron chi connectivity index (χ2n) is 8.54. The molecule has 11 heteroatoms. The Labute approximate surface area is 178 Å². The smallest absolute Gasteiger partial charge is 0.435 e. The summed E-state index contributed by atoms with van der Waals surface area (Å²) in [6.45, 7) is 6.41. The average Bonchev–Trinajstić information content (AvgIpc) is 3.21. The molecular weight excluding hydrogens is 409 g/mol. The molecule has 3 N–H and O–H groups in total. The number of nitrogens with zero attached hydrogens (tertiary/aromatic N) is 4. The maximum absolute atomic E-state index is 14.4. The topological polar surface area (TPSA) is 139 Å². The van der Waals surface area contributed by atoms with E-state index in [1.807, 2.05) is 0 Å². The van der Waals surface area contributed by atoms with E-state index in [-0.39, 0.29) is 30.1 Å². The number of aromatic nitrogens is 4. The standard InChI is InChI=1S/C20H26FN5O5/c1-10-5-14(25-26(10)19(30)31-20(2,3)4)17(29)12-7-22-9-23-18(12)24-13-6-11(8-27)16(28)15(13)21/h5,7,9,11,13,15-16,27-28H,6,8H2,1-4H3,(H,22,23,24)/t11-,13-,15-,16-/m1/s1. The minimum atomic E-state index is -1.64. The lowest BCUT2D eigenvalue weighted by Crippen LogP contribution is -2.32. The van der Waals surface area contributed by atoms with Gasteiger partial charge in [0, 0.05) is 24.4 Å². The first kappa shape index (κ1) is 22.8. The maximum Gasteiger partial charge on any atom is 0.435 e. The van der Waals surface area contributed by atoms with Crippen molar-refractivity contribution in [3.8, 4) is 0 Å². The fourth-order valence-corrected chi connectivity index (χ4v) is 3.41. The Hall–Kier alpha value is -2.92. The Morgan fingerprint density at radius 2 is 2.10 bits per heavy atom. The van der Waals surface area contributed by atoms with Crippen molar-refractivity contribution in [2.24, 2.45) is 5.92 Å². The van der Waals surface area contributed by atoms with Crippen LogP contribution in [-0.2, 0) is 4.74 Å². The molecule has 1 aliphatic carbocycles. The van der Waals surface area contributed by atoms with Crippen molar-refractivity contribution in [2.75, 3.05) is 11.9 Å². The van der Waals surface area contributed by atoms with Gasteiger partial charge in [-0.3, -0.25) is 4.79 Å². The second-order valence-corrected chi connectivity index (χ2v) is 8.54. The second kappa shape index (κ2) is 8.67. The lowest BCUT2D eigenvalue weighted by atomic mass is 10.1.